The highest BCUT2D eigenvalue weighted by atomic mass is 16.3. The zero-order valence-corrected chi connectivity index (χ0v) is 8.41. The van der Waals surface area contributed by atoms with Crippen molar-refractivity contribution in [2.45, 2.75) is 0 Å². The minimum atomic E-state index is 0.235. The molecule has 1 aromatic carbocycles. The van der Waals surface area contributed by atoms with Crippen LogP contribution >= 0.6 is 0 Å². The van der Waals surface area contributed by atoms with E-state index >= 15 is 0 Å². The summed E-state index contributed by atoms with van der Waals surface area (Å²) in [6, 6.07) is 7.15. The summed E-state index contributed by atoms with van der Waals surface area (Å²) in [5.41, 5.74) is 2.23. The summed E-state index contributed by atoms with van der Waals surface area (Å²) in [6.45, 7) is 0. The summed E-state index contributed by atoms with van der Waals surface area (Å²) >= 11 is 0. The molecule has 4 nitrogen and oxygen atoms in total. The molecule has 0 amide bonds. The Labute approximate surface area is 91.8 Å². The molecule has 0 aliphatic carbocycles. The van der Waals surface area contributed by atoms with E-state index in [9.17, 15) is 5.11 Å². The van der Waals surface area contributed by atoms with Gasteiger partial charge in [-0.1, -0.05) is 12.1 Å². The second kappa shape index (κ2) is 3.34. The Hall–Kier alpha value is -2.36. The fourth-order valence-corrected chi connectivity index (χ4v) is 1.66. The van der Waals surface area contributed by atoms with E-state index in [2.05, 4.69) is 9.97 Å². The van der Waals surface area contributed by atoms with E-state index in [0.717, 1.165) is 16.9 Å². The molecule has 78 valence electrons. The highest BCUT2D eigenvalue weighted by Crippen LogP contribution is 2.27. The van der Waals surface area contributed by atoms with Crippen molar-refractivity contribution in [1.82, 2.24) is 14.4 Å². The average molecular weight is 211 g/mol. The van der Waals surface area contributed by atoms with Crippen molar-refractivity contribution in [3.63, 3.8) is 0 Å². The van der Waals surface area contributed by atoms with Crippen LogP contribution in [-0.2, 0) is 0 Å². The molecule has 0 saturated carbocycles. The second-order valence-corrected chi connectivity index (χ2v) is 3.49. The van der Waals surface area contributed by atoms with Crippen molar-refractivity contribution in [2.75, 3.05) is 0 Å². The zero-order valence-electron chi connectivity index (χ0n) is 8.41. The molecule has 1 N–H and O–H groups in total. The van der Waals surface area contributed by atoms with E-state index in [-0.39, 0.29) is 5.75 Å². The highest BCUT2D eigenvalue weighted by Gasteiger charge is 2.07. The van der Waals surface area contributed by atoms with E-state index in [1.807, 2.05) is 28.9 Å². The van der Waals surface area contributed by atoms with Gasteiger partial charge >= 0.3 is 0 Å². The summed E-state index contributed by atoms with van der Waals surface area (Å²) in [5.74, 6) is 0.235. The maximum Gasteiger partial charge on any atom is 0.155 e. The molecule has 0 fully saturated rings. The predicted molar refractivity (Wildman–Crippen MR) is 60.1 cm³/mol. The first-order valence-corrected chi connectivity index (χ1v) is 4.92. The number of fused-ring (bicyclic) bond motifs is 1. The third-order valence-electron chi connectivity index (χ3n) is 2.44. The van der Waals surface area contributed by atoms with Crippen molar-refractivity contribution in [1.29, 1.82) is 0 Å². The third kappa shape index (κ3) is 1.32. The van der Waals surface area contributed by atoms with Gasteiger partial charge in [-0.2, -0.15) is 0 Å². The summed E-state index contributed by atoms with van der Waals surface area (Å²) in [7, 11) is 0. The van der Waals surface area contributed by atoms with Gasteiger partial charge in [-0.25, -0.2) is 4.98 Å². The number of para-hydroxylation sites is 1. The molecule has 0 saturated heterocycles. The lowest BCUT2D eigenvalue weighted by Crippen LogP contribution is -1.81. The van der Waals surface area contributed by atoms with Gasteiger partial charge in [-0.3, -0.25) is 4.98 Å². The molecule has 16 heavy (non-hydrogen) atoms. The summed E-state index contributed by atoms with van der Waals surface area (Å²) in [6.07, 6.45) is 7.07. The molecule has 2 heterocycles. The highest BCUT2D eigenvalue weighted by molar-refractivity contribution is 5.68. The van der Waals surface area contributed by atoms with E-state index < -0.39 is 0 Å². The minimum absolute atomic E-state index is 0.235. The Morgan fingerprint density at radius 1 is 1.19 bits per heavy atom. The number of phenols is 1. The number of aromatic nitrogens is 3. The molecule has 0 aliphatic heterocycles. The summed E-state index contributed by atoms with van der Waals surface area (Å²) in [5, 5.41) is 9.72. The molecular formula is C12H9N3O. The normalized spacial score (nSPS) is 10.8. The quantitative estimate of drug-likeness (QED) is 0.670. The Morgan fingerprint density at radius 3 is 2.88 bits per heavy atom. The van der Waals surface area contributed by atoms with Crippen molar-refractivity contribution < 1.29 is 5.11 Å². The predicted octanol–water partition coefficient (Wildman–Crippen LogP) is 2.10. The molecule has 3 aromatic rings. The van der Waals surface area contributed by atoms with Gasteiger partial charge in [-0.05, 0) is 12.1 Å². The fourth-order valence-electron chi connectivity index (χ4n) is 1.66. The maximum atomic E-state index is 9.72. The Balaban J connectivity index is 2.23. The van der Waals surface area contributed by atoms with E-state index in [0.29, 0.717) is 0 Å². The van der Waals surface area contributed by atoms with Gasteiger partial charge in [0, 0.05) is 24.2 Å². The summed E-state index contributed by atoms with van der Waals surface area (Å²) < 4.78 is 1.87. The van der Waals surface area contributed by atoms with Gasteiger partial charge in [-0.15, -0.1) is 0 Å². The molecule has 0 spiro atoms. The monoisotopic (exact) mass is 211 g/mol. The van der Waals surface area contributed by atoms with Crippen LogP contribution in [0.5, 0.6) is 5.75 Å². The molecule has 0 bridgehead atoms. The number of phenolic OH excluding ortho intramolecular Hbond substituents is 1. The van der Waals surface area contributed by atoms with E-state index in [1.54, 1.807) is 24.5 Å². The van der Waals surface area contributed by atoms with Crippen LogP contribution in [0.1, 0.15) is 0 Å². The largest absolute Gasteiger partial charge is 0.507 e. The number of benzene rings is 1. The standard InChI is InChI=1S/C12H9N3O/c16-11-4-2-1-3-9(11)10-8-15-6-5-13-7-12(15)14-10/h1-8,16H. The van der Waals surface area contributed by atoms with Crippen LogP contribution in [0, 0.1) is 0 Å². The SMILES string of the molecule is Oc1ccccc1-c1cn2ccncc2n1. The van der Waals surface area contributed by atoms with Crippen LogP contribution in [0.3, 0.4) is 0 Å². The van der Waals surface area contributed by atoms with Gasteiger partial charge in [0.1, 0.15) is 5.75 Å². The summed E-state index contributed by atoms with van der Waals surface area (Å²) in [4.78, 5) is 8.38. The third-order valence-corrected chi connectivity index (χ3v) is 2.44. The lowest BCUT2D eigenvalue weighted by atomic mass is 10.1. The first-order chi connectivity index (χ1) is 7.84. The second-order valence-electron chi connectivity index (χ2n) is 3.49. The van der Waals surface area contributed by atoms with Gasteiger partial charge < -0.3 is 9.51 Å². The van der Waals surface area contributed by atoms with E-state index in [4.69, 9.17) is 0 Å². The maximum absolute atomic E-state index is 9.72. The van der Waals surface area contributed by atoms with Gasteiger partial charge in [0.05, 0.1) is 11.9 Å². The van der Waals surface area contributed by atoms with Crippen molar-refractivity contribution in [3.05, 3.63) is 49.1 Å². The number of hydrogen-bond acceptors (Lipinski definition) is 3. The smallest absolute Gasteiger partial charge is 0.155 e. The molecule has 0 atom stereocenters. The molecule has 0 unspecified atom stereocenters. The Morgan fingerprint density at radius 2 is 2.06 bits per heavy atom. The number of hydrogen-bond donors (Lipinski definition) is 1. The van der Waals surface area contributed by atoms with Gasteiger partial charge in [0.2, 0.25) is 0 Å². The minimum Gasteiger partial charge on any atom is -0.507 e. The van der Waals surface area contributed by atoms with Crippen LogP contribution in [-0.4, -0.2) is 19.5 Å². The number of rotatable bonds is 1. The molecular weight excluding hydrogens is 202 g/mol. The first-order valence-electron chi connectivity index (χ1n) is 4.92. The first kappa shape index (κ1) is 8.91. The number of aromatic hydroxyl groups is 1. The van der Waals surface area contributed by atoms with Gasteiger partial charge in [0.15, 0.2) is 5.65 Å². The van der Waals surface area contributed by atoms with Crippen LogP contribution in [0.25, 0.3) is 16.9 Å². The zero-order chi connectivity index (χ0) is 11.0. The van der Waals surface area contributed by atoms with E-state index in [1.165, 1.54) is 0 Å². The molecule has 2 aromatic heterocycles. The van der Waals surface area contributed by atoms with Crippen LogP contribution in [0.2, 0.25) is 0 Å². The van der Waals surface area contributed by atoms with Crippen LogP contribution in [0.15, 0.2) is 49.1 Å². The lowest BCUT2D eigenvalue weighted by molar-refractivity contribution is 0.477. The lowest BCUT2D eigenvalue weighted by Gasteiger charge is -1.98. The Kier molecular flexibility index (Phi) is 1.86. The number of nitrogens with zero attached hydrogens (tertiary/aromatic N) is 3. The topological polar surface area (TPSA) is 50.4 Å². The Bertz CT molecular complexity index is 612. The van der Waals surface area contributed by atoms with Gasteiger partial charge in [0.25, 0.3) is 0 Å². The van der Waals surface area contributed by atoms with Crippen LogP contribution in [0.4, 0.5) is 0 Å². The fraction of sp³-hybridized carbons (Fsp3) is 0. The molecule has 3 rings (SSSR count). The average Bonchev–Trinajstić information content (AvgIpc) is 2.73. The number of imidazole rings is 1. The van der Waals surface area contributed by atoms with Crippen molar-refractivity contribution in [3.8, 4) is 17.0 Å². The van der Waals surface area contributed by atoms with Crippen molar-refractivity contribution in [2.24, 2.45) is 0 Å². The van der Waals surface area contributed by atoms with Crippen LogP contribution < -0.4 is 0 Å². The molecule has 0 aliphatic rings. The van der Waals surface area contributed by atoms with Crippen molar-refractivity contribution >= 4 is 5.65 Å². The molecule has 4 heteroatoms. The molecule has 0 radical (unpaired) electrons.